The molecule has 0 saturated carbocycles. The van der Waals surface area contributed by atoms with E-state index in [1.165, 1.54) is 6.20 Å². The van der Waals surface area contributed by atoms with Crippen LogP contribution in [0.5, 0.6) is 0 Å². The lowest BCUT2D eigenvalue weighted by molar-refractivity contribution is 0.0919. The molecule has 0 aliphatic rings. The minimum Gasteiger partial charge on any atom is -0.409 e. The van der Waals surface area contributed by atoms with Gasteiger partial charge in [-0.15, -0.1) is 0 Å². The van der Waals surface area contributed by atoms with Crippen molar-refractivity contribution in [3.8, 4) is 0 Å². The molecule has 2 aromatic heterocycles. The van der Waals surface area contributed by atoms with Gasteiger partial charge >= 0.3 is 0 Å². The highest BCUT2D eigenvalue weighted by molar-refractivity contribution is 6.04. The van der Waals surface area contributed by atoms with Crippen molar-refractivity contribution in [2.24, 2.45) is 10.9 Å². The number of hydrogen-bond acceptors (Lipinski definition) is 4. The number of fused-ring (bicyclic) bond motifs is 1. The van der Waals surface area contributed by atoms with E-state index >= 15 is 0 Å². The standard InChI is InChI=1S/C14H19N5O2/c1-3-14(4-2,13(15)18-21)17-12(20)10-9-16-19-8-6-5-7-11(10)19/h5-9,21H,3-4H2,1-2H3,(H2,15,18)(H,17,20). The third-order valence-corrected chi connectivity index (χ3v) is 3.83. The molecule has 7 nitrogen and oxygen atoms in total. The summed E-state index contributed by atoms with van der Waals surface area (Å²) in [5.41, 5.74) is 6.04. The van der Waals surface area contributed by atoms with Crippen molar-refractivity contribution in [1.82, 2.24) is 14.9 Å². The lowest BCUT2D eigenvalue weighted by atomic mass is 9.91. The van der Waals surface area contributed by atoms with Crippen LogP contribution in [0.15, 0.2) is 35.7 Å². The predicted octanol–water partition coefficient (Wildman–Crippen LogP) is 1.37. The number of carbonyl (C=O) groups is 1. The topological polar surface area (TPSA) is 105 Å². The van der Waals surface area contributed by atoms with Crippen LogP contribution in [0.2, 0.25) is 0 Å². The smallest absolute Gasteiger partial charge is 0.255 e. The Bertz CT molecular complexity index is 673. The molecule has 2 aromatic rings. The second-order valence-electron chi connectivity index (χ2n) is 4.82. The van der Waals surface area contributed by atoms with Gasteiger partial charge in [-0.2, -0.15) is 5.10 Å². The van der Waals surface area contributed by atoms with Crippen LogP contribution in [0.3, 0.4) is 0 Å². The molecule has 2 rings (SSSR count). The minimum absolute atomic E-state index is 0.00248. The Morgan fingerprint density at radius 3 is 2.81 bits per heavy atom. The van der Waals surface area contributed by atoms with E-state index in [0.29, 0.717) is 23.9 Å². The van der Waals surface area contributed by atoms with Gasteiger partial charge in [0.2, 0.25) is 0 Å². The van der Waals surface area contributed by atoms with Gasteiger partial charge in [0.05, 0.1) is 17.3 Å². The van der Waals surface area contributed by atoms with Crippen LogP contribution in [0, 0.1) is 0 Å². The molecular formula is C14H19N5O2. The fourth-order valence-corrected chi connectivity index (χ4v) is 2.34. The fourth-order valence-electron chi connectivity index (χ4n) is 2.34. The Balaban J connectivity index is 2.36. The number of pyridine rings is 1. The number of oxime groups is 1. The number of nitrogens with zero attached hydrogens (tertiary/aromatic N) is 3. The second kappa shape index (κ2) is 5.82. The van der Waals surface area contributed by atoms with E-state index in [1.807, 2.05) is 32.0 Å². The van der Waals surface area contributed by atoms with Crippen LogP contribution in [0.4, 0.5) is 0 Å². The zero-order valence-corrected chi connectivity index (χ0v) is 12.1. The van der Waals surface area contributed by atoms with Crippen molar-refractivity contribution in [3.63, 3.8) is 0 Å². The monoisotopic (exact) mass is 289 g/mol. The molecular weight excluding hydrogens is 270 g/mol. The molecule has 2 heterocycles. The van der Waals surface area contributed by atoms with Crippen LogP contribution in [-0.4, -0.2) is 32.1 Å². The molecule has 0 saturated heterocycles. The molecule has 0 aliphatic heterocycles. The van der Waals surface area contributed by atoms with Gasteiger partial charge in [-0.3, -0.25) is 4.79 Å². The number of carbonyl (C=O) groups excluding carboxylic acids is 1. The number of rotatable bonds is 5. The van der Waals surface area contributed by atoms with Crippen LogP contribution in [-0.2, 0) is 0 Å². The van der Waals surface area contributed by atoms with E-state index in [1.54, 1.807) is 10.7 Å². The Labute approximate surface area is 122 Å². The van der Waals surface area contributed by atoms with Gasteiger partial charge in [0.1, 0.15) is 5.54 Å². The SMILES string of the molecule is CCC(CC)(NC(=O)c1cnn2ccccc12)/C(N)=N/O. The van der Waals surface area contributed by atoms with Crippen LogP contribution in [0.25, 0.3) is 5.52 Å². The van der Waals surface area contributed by atoms with Crippen molar-refractivity contribution in [1.29, 1.82) is 0 Å². The molecule has 21 heavy (non-hydrogen) atoms. The summed E-state index contributed by atoms with van der Waals surface area (Å²) in [7, 11) is 0. The van der Waals surface area contributed by atoms with Crippen molar-refractivity contribution in [3.05, 3.63) is 36.2 Å². The first-order chi connectivity index (χ1) is 10.1. The van der Waals surface area contributed by atoms with E-state index in [4.69, 9.17) is 10.9 Å². The molecule has 7 heteroatoms. The zero-order chi connectivity index (χ0) is 15.5. The molecule has 112 valence electrons. The summed E-state index contributed by atoms with van der Waals surface area (Å²) in [5.74, 6) is -0.302. The molecule has 0 unspecified atom stereocenters. The van der Waals surface area contributed by atoms with Crippen molar-refractivity contribution in [2.75, 3.05) is 0 Å². The average Bonchev–Trinajstić information content (AvgIpc) is 2.96. The van der Waals surface area contributed by atoms with Gasteiger partial charge in [0, 0.05) is 6.20 Å². The number of amides is 1. The van der Waals surface area contributed by atoms with Crippen molar-refractivity contribution >= 4 is 17.3 Å². The lowest BCUT2D eigenvalue weighted by Crippen LogP contribution is -2.56. The molecule has 0 fully saturated rings. The predicted molar refractivity (Wildman–Crippen MR) is 79.4 cm³/mol. The first-order valence-corrected chi connectivity index (χ1v) is 6.81. The largest absolute Gasteiger partial charge is 0.409 e. The summed E-state index contributed by atoms with van der Waals surface area (Å²) in [6.07, 6.45) is 4.31. The maximum Gasteiger partial charge on any atom is 0.255 e. The number of amidine groups is 1. The molecule has 0 bridgehead atoms. The van der Waals surface area contributed by atoms with E-state index in [0.717, 1.165) is 0 Å². The number of nitrogens with one attached hydrogen (secondary N) is 1. The van der Waals surface area contributed by atoms with Crippen molar-refractivity contribution in [2.45, 2.75) is 32.2 Å². The number of aromatic nitrogens is 2. The summed E-state index contributed by atoms with van der Waals surface area (Å²) in [5, 5.41) is 19.0. The number of hydrogen-bond donors (Lipinski definition) is 3. The average molecular weight is 289 g/mol. The highest BCUT2D eigenvalue weighted by Crippen LogP contribution is 2.18. The van der Waals surface area contributed by atoms with E-state index in [2.05, 4.69) is 15.6 Å². The van der Waals surface area contributed by atoms with Crippen LogP contribution >= 0.6 is 0 Å². The first kappa shape index (κ1) is 14.8. The molecule has 0 aliphatic carbocycles. The van der Waals surface area contributed by atoms with Gasteiger partial charge in [-0.05, 0) is 25.0 Å². The van der Waals surface area contributed by atoms with Gasteiger partial charge in [0.15, 0.2) is 5.84 Å². The maximum absolute atomic E-state index is 12.5. The van der Waals surface area contributed by atoms with Crippen LogP contribution in [0.1, 0.15) is 37.0 Å². The number of nitrogens with two attached hydrogens (primary N) is 1. The van der Waals surface area contributed by atoms with Gasteiger partial charge in [-0.1, -0.05) is 25.1 Å². The molecule has 0 atom stereocenters. The Hall–Kier alpha value is -2.57. The molecule has 4 N–H and O–H groups in total. The normalized spacial score (nSPS) is 12.6. The third kappa shape index (κ3) is 2.54. The van der Waals surface area contributed by atoms with E-state index in [-0.39, 0.29) is 11.7 Å². The summed E-state index contributed by atoms with van der Waals surface area (Å²) in [4.78, 5) is 12.5. The van der Waals surface area contributed by atoms with Gasteiger partial charge in [0.25, 0.3) is 5.91 Å². The summed E-state index contributed by atoms with van der Waals surface area (Å²) in [6, 6.07) is 5.48. The maximum atomic E-state index is 12.5. The molecule has 0 spiro atoms. The highest BCUT2D eigenvalue weighted by Gasteiger charge is 2.34. The van der Waals surface area contributed by atoms with Gasteiger partial charge < -0.3 is 16.3 Å². The summed E-state index contributed by atoms with van der Waals surface area (Å²) >= 11 is 0. The summed E-state index contributed by atoms with van der Waals surface area (Å²) in [6.45, 7) is 3.75. The molecule has 0 radical (unpaired) electrons. The van der Waals surface area contributed by atoms with Crippen molar-refractivity contribution < 1.29 is 10.0 Å². The Morgan fingerprint density at radius 2 is 2.19 bits per heavy atom. The van der Waals surface area contributed by atoms with E-state index < -0.39 is 5.54 Å². The molecule has 0 aromatic carbocycles. The highest BCUT2D eigenvalue weighted by atomic mass is 16.4. The quantitative estimate of drug-likeness (QED) is 0.334. The Morgan fingerprint density at radius 1 is 1.48 bits per heavy atom. The van der Waals surface area contributed by atoms with Gasteiger partial charge in [-0.25, -0.2) is 4.52 Å². The van der Waals surface area contributed by atoms with Crippen LogP contribution < -0.4 is 11.1 Å². The molecule has 1 amide bonds. The lowest BCUT2D eigenvalue weighted by Gasteiger charge is -2.31. The first-order valence-electron chi connectivity index (χ1n) is 6.81. The van der Waals surface area contributed by atoms with E-state index in [9.17, 15) is 4.79 Å². The minimum atomic E-state index is -0.866. The third-order valence-electron chi connectivity index (χ3n) is 3.83. The Kier molecular flexibility index (Phi) is 4.11. The fraction of sp³-hybridized carbons (Fsp3) is 0.357. The summed E-state index contributed by atoms with van der Waals surface area (Å²) < 4.78 is 1.62. The zero-order valence-electron chi connectivity index (χ0n) is 12.1. The second-order valence-corrected chi connectivity index (χ2v) is 4.82.